The highest BCUT2D eigenvalue weighted by Crippen LogP contribution is 2.29. The molecule has 96 valence electrons. The van der Waals surface area contributed by atoms with E-state index in [1.165, 1.54) is 6.07 Å². The maximum Gasteiger partial charge on any atom is 0.165 e. The Hall–Kier alpha value is -2.04. The zero-order valence-electron chi connectivity index (χ0n) is 10.6. The number of ether oxygens (including phenoxy) is 1. The van der Waals surface area contributed by atoms with Crippen molar-refractivity contribution in [3.05, 3.63) is 29.7 Å². The topological polar surface area (TPSA) is 63.9 Å². The highest BCUT2D eigenvalue weighted by atomic mass is 19.1. The van der Waals surface area contributed by atoms with Gasteiger partial charge in [0.25, 0.3) is 0 Å². The van der Waals surface area contributed by atoms with E-state index in [0.29, 0.717) is 16.9 Å². The van der Waals surface area contributed by atoms with Crippen LogP contribution in [0.25, 0.3) is 11.3 Å². The van der Waals surface area contributed by atoms with E-state index in [4.69, 9.17) is 10.5 Å². The van der Waals surface area contributed by atoms with Crippen molar-refractivity contribution in [1.82, 2.24) is 10.2 Å². The van der Waals surface area contributed by atoms with Gasteiger partial charge in [0.2, 0.25) is 0 Å². The lowest BCUT2D eigenvalue weighted by molar-refractivity contribution is 0.231. The summed E-state index contributed by atoms with van der Waals surface area (Å²) in [6, 6.07) is 4.71. The first-order valence-corrected chi connectivity index (χ1v) is 5.76. The summed E-state index contributed by atoms with van der Waals surface area (Å²) in [7, 11) is 0. The van der Waals surface area contributed by atoms with Gasteiger partial charge in [-0.25, -0.2) is 4.39 Å². The van der Waals surface area contributed by atoms with E-state index in [1.54, 1.807) is 12.1 Å². The fourth-order valence-electron chi connectivity index (χ4n) is 1.66. The van der Waals surface area contributed by atoms with E-state index < -0.39 is 5.82 Å². The third-order valence-corrected chi connectivity index (χ3v) is 2.56. The van der Waals surface area contributed by atoms with E-state index in [-0.39, 0.29) is 11.9 Å². The highest BCUT2D eigenvalue weighted by Gasteiger charge is 2.12. The Balaban J connectivity index is 2.37. The molecule has 1 aromatic heterocycles. The average Bonchev–Trinajstić information content (AvgIpc) is 2.62. The summed E-state index contributed by atoms with van der Waals surface area (Å²) in [5.41, 5.74) is 8.35. The summed E-state index contributed by atoms with van der Waals surface area (Å²) < 4.78 is 19.2. The normalized spacial score (nSPS) is 10.9. The number of halogens is 1. The van der Waals surface area contributed by atoms with Gasteiger partial charge in [0, 0.05) is 5.56 Å². The first kappa shape index (κ1) is 12.4. The molecule has 0 spiro atoms. The fourth-order valence-corrected chi connectivity index (χ4v) is 1.66. The summed E-state index contributed by atoms with van der Waals surface area (Å²) in [5.74, 6) is -0.180. The molecule has 0 aliphatic heterocycles. The molecule has 2 aromatic rings. The summed E-state index contributed by atoms with van der Waals surface area (Å²) >= 11 is 0. The van der Waals surface area contributed by atoms with Crippen molar-refractivity contribution >= 4 is 5.69 Å². The molecular formula is C13H16FN3O. The van der Waals surface area contributed by atoms with Gasteiger partial charge in [0.15, 0.2) is 11.6 Å². The Morgan fingerprint density at radius 3 is 2.61 bits per heavy atom. The maximum atomic E-state index is 13.8. The smallest absolute Gasteiger partial charge is 0.165 e. The summed E-state index contributed by atoms with van der Waals surface area (Å²) in [5, 5.41) is 6.83. The molecule has 0 amide bonds. The van der Waals surface area contributed by atoms with Gasteiger partial charge < -0.3 is 10.5 Å². The molecule has 0 saturated heterocycles. The number of aromatic amines is 1. The van der Waals surface area contributed by atoms with Crippen LogP contribution >= 0.6 is 0 Å². The number of nitrogens with one attached hydrogen (secondary N) is 1. The molecule has 3 N–H and O–H groups in total. The number of anilines is 1. The molecule has 0 saturated carbocycles. The minimum atomic E-state index is -0.416. The quantitative estimate of drug-likeness (QED) is 0.879. The van der Waals surface area contributed by atoms with E-state index in [2.05, 4.69) is 10.2 Å². The molecular weight excluding hydrogens is 233 g/mol. The number of aromatic nitrogens is 2. The van der Waals surface area contributed by atoms with Crippen LogP contribution in [-0.2, 0) is 0 Å². The average molecular weight is 249 g/mol. The monoisotopic (exact) mass is 249 g/mol. The van der Waals surface area contributed by atoms with Gasteiger partial charge in [-0.3, -0.25) is 5.10 Å². The van der Waals surface area contributed by atoms with Crippen LogP contribution in [0.3, 0.4) is 0 Å². The van der Waals surface area contributed by atoms with Gasteiger partial charge in [-0.05, 0) is 39.0 Å². The molecule has 1 heterocycles. The van der Waals surface area contributed by atoms with Crippen LogP contribution in [0.4, 0.5) is 10.1 Å². The van der Waals surface area contributed by atoms with Crippen LogP contribution in [0.5, 0.6) is 5.75 Å². The summed E-state index contributed by atoms with van der Waals surface area (Å²) in [6.07, 6.45) is -0.0666. The Bertz CT molecular complexity index is 563. The first-order chi connectivity index (χ1) is 8.49. The molecule has 0 atom stereocenters. The van der Waals surface area contributed by atoms with E-state index >= 15 is 0 Å². The second-order valence-corrected chi connectivity index (χ2v) is 4.42. The Kier molecular flexibility index (Phi) is 3.23. The Labute approximate surface area is 105 Å². The van der Waals surface area contributed by atoms with Gasteiger partial charge in [-0.15, -0.1) is 0 Å². The fraction of sp³-hybridized carbons (Fsp3) is 0.308. The molecule has 4 nitrogen and oxygen atoms in total. The van der Waals surface area contributed by atoms with Gasteiger partial charge in [0.1, 0.15) is 5.69 Å². The third kappa shape index (κ3) is 2.30. The molecule has 0 unspecified atom stereocenters. The van der Waals surface area contributed by atoms with Crippen molar-refractivity contribution in [3.63, 3.8) is 0 Å². The minimum absolute atomic E-state index is 0.0666. The molecule has 0 aliphatic carbocycles. The van der Waals surface area contributed by atoms with Crippen LogP contribution in [0.2, 0.25) is 0 Å². The number of hydrogen-bond donors (Lipinski definition) is 2. The van der Waals surface area contributed by atoms with Gasteiger partial charge in [-0.2, -0.15) is 5.10 Å². The van der Waals surface area contributed by atoms with Crippen LogP contribution in [0.1, 0.15) is 19.5 Å². The molecule has 0 bridgehead atoms. The molecule has 1 aromatic carbocycles. The Morgan fingerprint density at radius 2 is 2.11 bits per heavy atom. The highest BCUT2D eigenvalue weighted by molar-refractivity contribution is 5.74. The number of nitrogen functional groups attached to an aromatic ring is 1. The van der Waals surface area contributed by atoms with Crippen molar-refractivity contribution in [3.8, 4) is 17.0 Å². The van der Waals surface area contributed by atoms with Crippen molar-refractivity contribution < 1.29 is 9.13 Å². The second kappa shape index (κ2) is 4.68. The van der Waals surface area contributed by atoms with Crippen LogP contribution < -0.4 is 10.5 Å². The third-order valence-electron chi connectivity index (χ3n) is 2.56. The van der Waals surface area contributed by atoms with Crippen molar-refractivity contribution in [2.75, 3.05) is 5.73 Å². The summed E-state index contributed by atoms with van der Waals surface area (Å²) in [6.45, 7) is 5.52. The van der Waals surface area contributed by atoms with Crippen molar-refractivity contribution in [2.45, 2.75) is 26.9 Å². The van der Waals surface area contributed by atoms with Crippen LogP contribution in [0.15, 0.2) is 18.2 Å². The first-order valence-electron chi connectivity index (χ1n) is 5.76. The lowest BCUT2D eigenvalue weighted by Crippen LogP contribution is -2.06. The molecule has 0 aliphatic rings. The molecule has 5 heteroatoms. The predicted molar refractivity (Wildman–Crippen MR) is 68.9 cm³/mol. The van der Waals surface area contributed by atoms with E-state index in [0.717, 1.165) is 5.69 Å². The molecule has 0 radical (unpaired) electrons. The number of nitrogens with zero attached hydrogens (tertiary/aromatic N) is 1. The minimum Gasteiger partial charge on any atom is -0.488 e. The number of benzene rings is 1. The maximum absolute atomic E-state index is 13.8. The number of hydrogen-bond acceptors (Lipinski definition) is 3. The van der Waals surface area contributed by atoms with Crippen molar-refractivity contribution in [1.29, 1.82) is 0 Å². The van der Waals surface area contributed by atoms with E-state index in [9.17, 15) is 4.39 Å². The standard InChI is InChI=1S/C13H16FN3O/c1-7(2)18-11-5-4-9(6-10(11)14)13-12(15)8(3)16-17-13/h4-7H,15H2,1-3H3,(H,16,17). The van der Waals surface area contributed by atoms with Crippen LogP contribution in [0, 0.1) is 12.7 Å². The Morgan fingerprint density at radius 1 is 1.39 bits per heavy atom. The number of nitrogens with two attached hydrogens (primary N) is 1. The largest absolute Gasteiger partial charge is 0.488 e. The van der Waals surface area contributed by atoms with Gasteiger partial charge in [-0.1, -0.05) is 0 Å². The van der Waals surface area contributed by atoms with Gasteiger partial charge >= 0.3 is 0 Å². The number of H-pyrrole nitrogens is 1. The van der Waals surface area contributed by atoms with Crippen molar-refractivity contribution in [2.24, 2.45) is 0 Å². The van der Waals surface area contributed by atoms with Crippen LogP contribution in [-0.4, -0.2) is 16.3 Å². The van der Waals surface area contributed by atoms with Gasteiger partial charge in [0.05, 0.1) is 17.5 Å². The zero-order valence-corrected chi connectivity index (χ0v) is 10.6. The number of aryl methyl sites for hydroxylation is 1. The molecule has 18 heavy (non-hydrogen) atoms. The predicted octanol–water partition coefficient (Wildman–Crippen LogP) is 2.89. The molecule has 2 rings (SSSR count). The SMILES string of the molecule is Cc1[nH]nc(-c2ccc(OC(C)C)c(F)c2)c1N. The zero-order chi connectivity index (χ0) is 13.3. The van der Waals surface area contributed by atoms with E-state index in [1.807, 2.05) is 20.8 Å². The second-order valence-electron chi connectivity index (χ2n) is 4.42. The summed E-state index contributed by atoms with van der Waals surface area (Å²) in [4.78, 5) is 0. The molecule has 0 fully saturated rings. The number of rotatable bonds is 3. The lowest BCUT2D eigenvalue weighted by Gasteiger charge is -2.11. The lowest BCUT2D eigenvalue weighted by atomic mass is 10.1.